The second kappa shape index (κ2) is 26.0. The van der Waals surface area contributed by atoms with Crippen LogP contribution in [-0.2, 0) is 62.5 Å². The van der Waals surface area contributed by atoms with Gasteiger partial charge in [-0.15, -0.1) is 0 Å². The van der Waals surface area contributed by atoms with Crippen molar-refractivity contribution in [1.29, 1.82) is 0 Å². The lowest BCUT2D eigenvalue weighted by atomic mass is 9.76. The Labute approximate surface area is 565 Å². The van der Waals surface area contributed by atoms with Crippen molar-refractivity contribution in [1.82, 2.24) is 19.6 Å². The van der Waals surface area contributed by atoms with Crippen LogP contribution in [0.2, 0.25) is 0 Å². The first kappa shape index (κ1) is 74.2. The molecule has 518 valence electrons. The van der Waals surface area contributed by atoms with Gasteiger partial charge in [0.1, 0.15) is 47.9 Å². The van der Waals surface area contributed by atoms with Crippen molar-refractivity contribution in [2.24, 2.45) is 5.41 Å². The molecule has 8 rings (SSSR count). The predicted molar refractivity (Wildman–Crippen MR) is 381 cm³/mol. The fourth-order valence-electron chi connectivity index (χ4n) is 16.6. The number of hydrogen-bond acceptors (Lipinski definition) is 12. The fourth-order valence-corrected chi connectivity index (χ4v) is 16.6. The molecule has 0 bridgehead atoms. The SMILES string of the molecule is CC(C)(C)c1cc(C2CCN(CC(CN3CCC(c4cc(C(C)(C)C)c(O)c(C(C)(C)C)c4)[C@H]3C=O)(CN3CCC(c4cc(C(C)(C)C)c(O)c(C(C)(C)C)c4)[C@H]3C=O)CN3CCC(c4cc(C(C)(C)C)c(O)c(C(C)(C)C)c4)[C@H]3C(=O)O)[C@@H]2C=O)cc(C(C)(C)C)c1O. The third kappa shape index (κ3) is 15.1. The minimum atomic E-state index is -1.00. The predicted octanol–water partition coefficient (Wildman–Crippen LogP) is 15.3. The third-order valence-electron chi connectivity index (χ3n) is 21.7. The first-order valence-corrected chi connectivity index (χ1v) is 35.0. The largest absolute Gasteiger partial charge is 0.507 e. The van der Waals surface area contributed by atoms with Gasteiger partial charge in [-0.05, 0) is 162 Å². The molecule has 94 heavy (non-hydrogen) atoms. The summed E-state index contributed by atoms with van der Waals surface area (Å²) in [6.07, 6.45) is 5.67. The lowest BCUT2D eigenvalue weighted by Crippen LogP contribution is -2.60. The third-order valence-corrected chi connectivity index (χ3v) is 21.7. The molecule has 4 unspecified atom stereocenters. The van der Waals surface area contributed by atoms with Gasteiger partial charge in [0.05, 0.1) is 18.1 Å². The van der Waals surface area contributed by atoms with Gasteiger partial charge in [-0.1, -0.05) is 215 Å². The average molecular weight is 1290 g/mol. The standard InChI is InChI=1S/C81H120N4O9/c1-73(2,3)56-33-48(34-57(68(56)89)74(4,5)6)52-25-29-82(64(52)41-86)44-81(45-83-30-26-53(65(83)42-87)49-35-58(75(7,8)9)69(90)59(36-49)76(10,11)12,46-84-31-27-54(66(84)43-88)50-37-60(77(13,14)15)70(91)61(38-50)78(16,17)18)47-85-32-28-55(67(85)72(93)94)51-39-62(79(19,20)21)71(92)63(40-51)80(22,23)24/h33-43,52-55,64-67,89-92H,25-32,44-47H2,1-24H3,(H,93,94)/t52?,53?,54?,55?,64-,65-,66-,67+,81?/m1/s1. The monoisotopic (exact) mass is 1290 g/mol. The van der Waals surface area contributed by atoms with Gasteiger partial charge in [0, 0.05) is 55.3 Å². The molecule has 4 aromatic rings. The molecule has 0 spiro atoms. The zero-order valence-electron chi connectivity index (χ0n) is 62.1. The zero-order chi connectivity index (χ0) is 70.5. The molecule has 5 N–H and O–H groups in total. The van der Waals surface area contributed by atoms with E-state index in [0.717, 1.165) is 85.6 Å². The molecule has 0 aliphatic carbocycles. The Morgan fingerprint density at radius 3 is 0.713 bits per heavy atom. The van der Waals surface area contributed by atoms with Crippen LogP contribution in [0.15, 0.2) is 48.5 Å². The van der Waals surface area contributed by atoms with E-state index in [2.05, 4.69) is 222 Å². The lowest BCUT2D eigenvalue weighted by Gasteiger charge is -2.47. The number of carbonyl (C=O) groups is 4. The van der Waals surface area contributed by atoms with Crippen LogP contribution in [-0.4, -0.2) is 146 Å². The molecule has 0 aromatic heterocycles. The Hall–Kier alpha value is -5.60. The van der Waals surface area contributed by atoms with Crippen LogP contribution in [0.4, 0.5) is 0 Å². The molecule has 4 heterocycles. The van der Waals surface area contributed by atoms with Crippen LogP contribution in [0.1, 0.15) is 282 Å². The number of carbonyl (C=O) groups excluding carboxylic acids is 3. The van der Waals surface area contributed by atoms with Gasteiger partial charge in [0.15, 0.2) is 0 Å². The summed E-state index contributed by atoms with van der Waals surface area (Å²) < 4.78 is 0. The maximum Gasteiger partial charge on any atom is 0.321 e. The number of aliphatic carboxylic acids is 1. The number of benzene rings is 4. The summed E-state index contributed by atoms with van der Waals surface area (Å²) in [4.78, 5) is 66.8. The Bertz CT molecular complexity index is 3060. The number of nitrogens with zero attached hydrogens (tertiary/aromatic N) is 4. The summed E-state index contributed by atoms with van der Waals surface area (Å²) in [5.74, 6) is -1.17. The number of phenols is 4. The highest BCUT2D eigenvalue weighted by atomic mass is 16.4. The molecular formula is C81H120N4O9. The van der Waals surface area contributed by atoms with Crippen LogP contribution in [0, 0.1) is 5.41 Å². The minimum absolute atomic E-state index is 0.227. The second-order valence-electron chi connectivity index (χ2n) is 37.5. The topological polar surface area (TPSA) is 182 Å². The van der Waals surface area contributed by atoms with Crippen LogP contribution < -0.4 is 0 Å². The summed E-state index contributed by atoms with van der Waals surface area (Å²) in [5, 5.41) is 59.9. The number of aldehydes is 3. The number of carboxylic acids is 1. The molecule has 0 amide bonds. The number of carboxylic acid groups (broad SMARTS) is 1. The van der Waals surface area contributed by atoms with Gasteiger partial charge in [-0.25, -0.2) is 0 Å². The van der Waals surface area contributed by atoms with E-state index in [1.54, 1.807) is 0 Å². The first-order valence-electron chi connectivity index (χ1n) is 35.0. The van der Waals surface area contributed by atoms with Crippen LogP contribution in [0.5, 0.6) is 23.0 Å². The fraction of sp³-hybridized carbons (Fsp3) is 0.654. The first-order chi connectivity index (χ1) is 43.0. The molecule has 4 fully saturated rings. The van der Waals surface area contributed by atoms with Crippen molar-refractivity contribution < 1.29 is 44.7 Å². The van der Waals surface area contributed by atoms with Gasteiger partial charge in [-0.2, -0.15) is 0 Å². The molecule has 13 heteroatoms. The molecule has 4 aliphatic heterocycles. The van der Waals surface area contributed by atoms with Crippen molar-refractivity contribution in [3.63, 3.8) is 0 Å². The Kier molecular flexibility index (Phi) is 20.5. The number of aromatic hydroxyl groups is 4. The van der Waals surface area contributed by atoms with E-state index in [0.29, 0.717) is 71.5 Å². The maximum absolute atomic E-state index is 14.6. The van der Waals surface area contributed by atoms with E-state index in [1.807, 2.05) is 12.1 Å². The van der Waals surface area contributed by atoms with Crippen molar-refractivity contribution >= 4 is 24.8 Å². The van der Waals surface area contributed by atoms with E-state index in [9.17, 15) is 44.7 Å². The summed E-state index contributed by atoms with van der Waals surface area (Å²) >= 11 is 0. The molecule has 8 atom stereocenters. The molecule has 4 aromatic carbocycles. The quantitative estimate of drug-likeness (QED) is 0.0669. The van der Waals surface area contributed by atoms with Crippen molar-refractivity contribution in [2.75, 3.05) is 52.4 Å². The molecule has 0 radical (unpaired) electrons. The zero-order valence-corrected chi connectivity index (χ0v) is 62.1. The van der Waals surface area contributed by atoms with Crippen molar-refractivity contribution in [3.05, 3.63) is 115 Å². The molecule has 4 saturated heterocycles. The van der Waals surface area contributed by atoms with Gasteiger partial charge in [-0.3, -0.25) is 24.4 Å². The lowest BCUT2D eigenvalue weighted by molar-refractivity contribution is -0.143. The summed E-state index contributed by atoms with van der Waals surface area (Å²) in [6, 6.07) is 13.8. The Morgan fingerprint density at radius 1 is 0.340 bits per heavy atom. The molecular weight excluding hydrogens is 1170 g/mol. The average Bonchev–Trinajstić information content (AvgIpc) is 1.43. The van der Waals surface area contributed by atoms with Gasteiger partial charge in [0.25, 0.3) is 0 Å². The normalized spacial score (nSPS) is 24.3. The van der Waals surface area contributed by atoms with Gasteiger partial charge >= 0.3 is 5.97 Å². The summed E-state index contributed by atoms with van der Waals surface area (Å²) in [7, 11) is 0. The highest BCUT2D eigenvalue weighted by Gasteiger charge is 2.52. The van der Waals surface area contributed by atoms with Crippen molar-refractivity contribution in [2.45, 2.75) is 283 Å². The van der Waals surface area contributed by atoms with E-state index >= 15 is 0 Å². The van der Waals surface area contributed by atoms with Crippen LogP contribution in [0.3, 0.4) is 0 Å². The smallest absolute Gasteiger partial charge is 0.321 e. The van der Waals surface area contributed by atoms with E-state index in [1.165, 1.54) is 0 Å². The minimum Gasteiger partial charge on any atom is -0.507 e. The highest BCUT2D eigenvalue weighted by molar-refractivity contribution is 5.76. The summed E-state index contributed by atoms with van der Waals surface area (Å²) in [6.45, 7) is 53.4. The van der Waals surface area contributed by atoms with Gasteiger partial charge < -0.3 is 39.9 Å². The Morgan fingerprint density at radius 2 is 0.521 bits per heavy atom. The maximum atomic E-state index is 14.6. The van der Waals surface area contributed by atoms with E-state index < -0.39 is 84.8 Å². The number of phenolic OH excluding ortho intramolecular Hbond substituents is 4. The Balaban J connectivity index is 1.35. The number of hydrogen-bond donors (Lipinski definition) is 5. The number of rotatable bonds is 16. The van der Waals surface area contributed by atoms with Crippen molar-refractivity contribution in [3.8, 4) is 23.0 Å². The van der Waals surface area contributed by atoms with Crippen LogP contribution >= 0.6 is 0 Å². The molecule has 0 saturated carbocycles. The van der Waals surface area contributed by atoms with Crippen LogP contribution in [0.25, 0.3) is 0 Å². The van der Waals surface area contributed by atoms with E-state index in [4.69, 9.17) is 0 Å². The number of likely N-dealkylation sites (tertiary alicyclic amines) is 4. The molecule has 4 aliphatic rings. The molecule has 13 nitrogen and oxygen atoms in total. The summed E-state index contributed by atoms with van der Waals surface area (Å²) in [5.41, 5.74) is 5.82. The van der Waals surface area contributed by atoms with E-state index in [-0.39, 0.29) is 47.3 Å². The van der Waals surface area contributed by atoms with Gasteiger partial charge in [0.2, 0.25) is 0 Å². The highest BCUT2D eigenvalue weighted by Crippen LogP contribution is 2.51. The second-order valence-corrected chi connectivity index (χ2v) is 37.5.